The van der Waals surface area contributed by atoms with Crippen LogP contribution in [0, 0.1) is 11.8 Å². The van der Waals surface area contributed by atoms with Gasteiger partial charge in [-0.3, -0.25) is 4.79 Å². The van der Waals surface area contributed by atoms with Gasteiger partial charge in [-0.15, -0.1) is 0 Å². The van der Waals surface area contributed by atoms with E-state index in [-0.39, 0.29) is 12.0 Å². The molecule has 3 N–H and O–H groups in total. The standard InChI is InChI=1S/C30H44O6/c1-20(2)11-10-12-21(3)19-23(5)29-28(33)27-18-17-24(35-27)14-7-9-16-26(32)25(31)15-8-6-13-22(4)30(34)36-29/h6,8-10,12-13,15-16,22-29,31-33H,1,3,7,11,14,17-19H2,2,4-5H3/b12-10+,13-6+,15-8+,16-9+/t22-,23+,24-,25-,26-,27+,28-,29-/m0/s1. The fraction of sp³-hybridized carbons (Fsp3) is 0.567. The Hall–Kier alpha value is -2.25. The van der Waals surface area contributed by atoms with Crippen molar-refractivity contribution in [3.05, 3.63) is 72.9 Å². The van der Waals surface area contributed by atoms with Gasteiger partial charge >= 0.3 is 5.97 Å². The van der Waals surface area contributed by atoms with E-state index < -0.39 is 42.4 Å². The first-order valence-corrected chi connectivity index (χ1v) is 13.0. The summed E-state index contributed by atoms with van der Waals surface area (Å²) in [5, 5.41) is 31.5. The molecule has 6 heteroatoms. The van der Waals surface area contributed by atoms with Gasteiger partial charge in [-0.05, 0) is 58.3 Å². The number of aliphatic hydroxyl groups excluding tert-OH is 3. The van der Waals surface area contributed by atoms with Crippen molar-refractivity contribution in [2.24, 2.45) is 11.8 Å². The van der Waals surface area contributed by atoms with Crippen LogP contribution < -0.4 is 0 Å². The molecular formula is C30H44O6. The number of hydrogen-bond acceptors (Lipinski definition) is 6. The average Bonchev–Trinajstić information content (AvgIpc) is 3.30. The fourth-order valence-corrected chi connectivity index (χ4v) is 4.43. The normalized spacial score (nSPS) is 35.8. The Labute approximate surface area is 216 Å². The summed E-state index contributed by atoms with van der Waals surface area (Å²) in [4.78, 5) is 12.9. The van der Waals surface area contributed by atoms with Crippen molar-refractivity contribution in [2.75, 3.05) is 0 Å². The first-order valence-electron chi connectivity index (χ1n) is 13.0. The number of aliphatic hydroxyl groups is 3. The Balaban J connectivity index is 2.21. The van der Waals surface area contributed by atoms with Crippen LogP contribution in [0.5, 0.6) is 0 Å². The summed E-state index contributed by atoms with van der Waals surface area (Å²) in [6.07, 6.45) is 13.8. The van der Waals surface area contributed by atoms with Crippen LogP contribution >= 0.6 is 0 Å². The molecule has 2 heterocycles. The zero-order valence-corrected chi connectivity index (χ0v) is 22.0. The molecule has 0 aromatic carbocycles. The smallest absolute Gasteiger partial charge is 0.312 e. The van der Waals surface area contributed by atoms with E-state index in [2.05, 4.69) is 13.2 Å². The van der Waals surface area contributed by atoms with E-state index in [9.17, 15) is 20.1 Å². The molecule has 6 nitrogen and oxygen atoms in total. The molecule has 0 unspecified atom stereocenters. The number of cyclic esters (lactones) is 1. The summed E-state index contributed by atoms with van der Waals surface area (Å²) >= 11 is 0. The van der Waals surface area contributed by atoms with E-state index in [1.165, 1.54) is 6.08 Å². The molecule has 0 aliphatic carbocycles. The van der Waals surface area contributed by atoms with E-state index in [1.54, 1.807) is 31.2 Å². The molecule has 1 saturated heterocycles. The molecule has 8 atom stereocenters. The largest absolute Gasteiger partial charge is 0.459 e. The van der Waals surface area contributed by atoms with Crippen molar-refractivity contribution >= 4 is 5.97 Å². The summed E-state index contributed by atoms with van der Waals surface area (Å²) in [5.74, 6) is -1.18. The van der Waals surface area contributed by atoms with Gasteiger partial charge in [0.25, 0.3) is 0 Å². The average molecular weight is 501 g/mol. The lowest BCUT2D eigenvalue weighted by Crippen LogP contribution is -2.44. The number of carbonyl (C=O) groups excluding carboxylic acids is 1. The molecule has 1 fully saturated rings. The first kappa shape index (κ1) is 30.0. The van der Waals surface area contributed by atoms with E-state index >= 15 is 0 Å². The van der Waals surface area contributed by atoms with Crippen molar-refractivity contribution in [1.29, 1.82) is 0 Å². The second-order valence-electron chi connectivity index (χ2n) is 10.2. The summed E-state index contributed by atoms with van der Waals surface area (Å²) in [6.45, 7) is 13.7. The number of esters is 1. The minimum Gasteiger partial charge on any atom is -0.459 e. The van der Waals surface area contributed by atoms with Gasteiger partial charge < -0.3 is 24.8 Å². The Kier molecular flexibility index (Phi) is 12.6. The predicted octanol–water partition coefficient (Wildman–Crippen LogP) is 4.73. The maximum absolute atomic E-state index is 12.9. The quantitative estimate of drug-likeness (QED) is 0.277. The third kappa shape index (κ3) is 10.0. The minimum absolute atomic E-state index is 0.0244. The molecule has 0 amide bonds. The van der Waals surface area contributed by atoms with E-state index in [0.717, 1.165) is 30.4 Å². The highest BCUT2D eigenvalue weighted by Crippen LogP contribution is 2.31. The molecule has 36 heavy (non-hydrogen) atoms. The van der Waals surface area contributed by atoms with Gasteiger partial charge in [0.05, 0.1) is 18.1 Å². The second kappa shape index (κ2) is 15.1. The molecule has 2 aliphatic rings. The third-order valence-corrected chi connectivity index (χ3v) is 6.60. The van der Waals surface area contributed by atoms with Gasteiger partial charge in [-0.25, -0.2) is 0 Å². The Morgan fingerprint density at radius 3 is 2.53 bits per heavy atom. The monoisotopic (exact) mass is 500 g/mol. The number of hydrogen-bond donors (Lipinski definition) is 3. The van der Waals surface area contributed by atoms with Crippen LogP contribution in [-0.4, -0.2) is 57.9 Å². The lowest BCUT2D eigenvalue weighted by atomic mass is 9.89. The summed E-state index contributed by atoms with van der Waals surface area (Å²) in [5.41, 5.74) is 1.95. The maximum Gasteiger partial charge on any atom is 0.312 e. The highest BCUT2D eigenvalue weighted by atomic mass is 16.6. The van der Waals surface area contributed by atoms with E-state index in [1.807, 2.05) is 32.1 Å². The van der Waals surface area contributed by atoms with Crippen molar-refractivity contribution < 1.29 is 29.6 Å². The molecular weight excluding hydrogens is 456 g/mol. The number of fused-ring (bicyclic) bond motifs is 2. The highest BCUT2D eigenvalue weighted by molar-refractivity contribution is 5.74. The zero-order valence-electron chi connectivity index (χ0n) is 22.0. The van der Waals surface area contributed by atoms with Crippen LogP contribution in [0.15, 0.2) is 72.9 Å². The molecule has 0 saturated carbocycles. The van der Waals surface area contributed by atoms with Crippen molar-refractivity contribution in [2.45, 2.75) is 95.9 Å². The van der Waals surface area contributed by atoms with Gasteiger partial charge in [0.1, 0.15) is 24.4 Å². The van der Waals surface area contributed by atoms with Crippen LogP contribution in [0.4, 0.5) is 0 Å². The Morgan fingerprint density at radius 1 is 1.11 bits per heavy atom. The molecule has 0 aromatic heterocycles. The zero-order chi connectivity index (χ0) is 26.7. The van der Waals surface area contributed by atoms with Crippen LogP contribution in [0.1, 0.15) is 59.3 Å². The van der Waals surface area contributed by atoms with Gasteiger partial charge in [-0.1, -0.05) is 79.8 Å². The van der Waals surface area contributed by atoms with Gasteiger partial charge in [0, 0.05) is 0 Å². The minimum atomic E-state index is -1.04. The number of carbonyl (C=O) groups is 1. The summed E-state index contributed by atoms with van der Waals surface area (Å²) < 4.78 is 12.0. The molecule has 0 aromatic rings. The van der Waals surface area contributed by atoms with Crippen molar-refractivity contribution in [3.8, 4) is 0 Å². The molecule has 2 aliphatic heterocycles. The number of rotatable bonds is 6. The molecule has 0 spiro atoms. The van der Waals surface area contributed by atoms with E-state index in [0.29, 0.717) is 19.3 Å². The Bertz CT molecular complexity index is 854. The summed E-state index contributed by atoms with van der Waals surface area (Å²) in [7, 11) is 0. The number of ether oxygens (including phenoxy) is 2. The summed E-state index contributed by atoms with van der Waals surface area (Å²) in [6, 6.07) is 0. The topological polar surface area (TPSA) is 96.2 Å². The SMILES string of the molecule is C=C(C)C/C=C/C(=C)C[C@@H](C)[C@@H]1OC(=O)[C@@H](C)/C=C/C=C/[C@H](O)[C@@H](O)/C=C/CC[C@H]2CC[C@@H](O2)[C@@H]1O. The maximum atomic E-state index is 12.9. The van der Waals surface area contributed by atoms with Crippen LogP contribution in [0.3, 0.4) is 0 Å². The second-order valence-corrected chi connectivity index (χ2v) is 10.2. The Morgan fingerprint density at radius 2 is 1.81 bits per heavy atom. The van der Waals surface area contributed by atoms with Crippen molar-refractivity contribution in [1.82, 2.24) is 0 Å². The highest BCUT2D eigenvalue weighted by Gasteiger charge is 2.39. The van der Waals surface area contributed by atoms with E-state index in [4.69, 9.17) is 9.47 Å². The van der Waals surface area contributed by atoms with Gasteiger partial charge in [0.15, 0.2) is 0 Å². The van der Waals surface area contributed by atoms with Crippen LogP contribution in [-0.2, 0) is 14.3 Å². The van der Waals surface area contributed by atoms with Crippen LogP contribution in [0.2, 0.25) is 0 Å². The van der Waals surface area contributed by atoms with Crippen molar-refractivity contribution in [3.63, 3.8) is 0 Å². The van der Waals surface area contributed by atoms with Crippen LogP contribution in [0.25, 0.3) is 0 Å². The lowest BCUT2D eigenvalue weighted by Gasteiger charge is -2.32. The molecule has 0 radical (unpaired) electrons. The fourth-order valence-electron chi connectivity index (χ4n) is 4.43. The molecule has 2 bridgehead atoms. The molecule has 200 valence electrons. The molecule has 2 rings (SSSR count). The first-order chi connectivity index (χ1) is 17.1. The number of allylic oxidation sites excluding steroid dienone is 7. The lowest BCUT2D eigenvalue weighted by molar-refractivity contribution is -0.170. The predicted molar refractivity (Wildman–Crippen MR) is 143 cm³/mol. The van der Waals surface area contributed by atoms with Gasteiger partial charge in [0.2, 0.25) is 0 Å². The van der Waals surface area contributed by atoms with Gasteiger partial charge in [-0.2, -0.15) is 0 Å². The third-order valence-electron chi connectivity index (χ3n) is 6.60.